The van der Waals surface area contributed by atoms with Crippen LogP contribution in [0.5, 0.6) is 0 Å². The van der Waals surface area contributed by atoms with E-state index >= 15 is 0 Å². The molecule has 0 amide bonds. The first-order valence-electron chi connectivity index (χ1n) is 16.1. The Balaban J connectivity index is 0.00000154. The predicted octanol–water partition coefficient (Wildman–Crippen LogP) is 12.1. The molecule has 1 aliphatic heterocycles. The molecule has 1 aromatic heterocycles. The minimum Gasteiger partial charge on any atom is -0.278 e. The van der Waals surface area contributed by atoms with E-state index in [2.05, 4.69) is 182 Å². The molecule has 0 spiro atoms. The number of para-hydroxylation sites is 1. The van der Waals surface area contributed by atoms with Crippen molar-refractivity contribution in [3.05, 3.63) is 151 Å². The number of rotatable bonds is 2. The van der Waals surface area contributed by atoms with E-state index in [1.807, 2.05) is 0 Å². The third-order valence-electron chi connectivity index (χ3n) is 10.2. The molecule has 8 aromatic rings. The Hall–Kier alpha value is -5.10. The second kappa shape index (κ2) is 11.0. The van der Waals surface area contributed by atoms with Crippen LogP contribution >= 0.6 is 23.3 Å². The topological polar surface area (TPSA) is 29.0 Å². The summed E-state index contributed by atoms with van der Waals surface area (Å²) in [7, 11) is 0. The Morgan fingerprint density at radius 2 is 1.23 bits per heavy atom. The van der Waals surface area contributed by atoms with Crippen molar-refractivity contribution in [1.29, 1.82) is 0 Å². The minimum absolute atomic E-state index is 0.145. The molecule has 3 nitrogen and oxygen atoms in total. The van der Waals surface area contributed by atoms with Gasteiger partial charge in [0.1, 0.15) is 0 Å². The van der Waals surface area contributed by atoms with Crippen molar-refractivity contribution in [3.8, 4) is 33.5 Å². The van der Waals surface area contributed by atoms with E-state index in [0.717, 1.165) is 38.9 Å². The summed E-state index contributed by atoms with van der Waals surface area (Å²) in [4.78, 5) is 13.2. The first kappa shape index (κ1) is 29.1. The highest BCUT2D eigenvalue weighted by Crippen LogP contribution is 2.58. The average molecular weight is 654 g/mol. The Labute approximate surface area is 290 Å². The average Bonchev–Trinajstić information content (AvgIpc) is 3.38. The highest BCUT2D eigenvalue weighted by molar-refractivity contribution is 8.59. The second-order valence-electron chi connectivity index (χ2n) is 13.0. The number of benzene rings is 7. The van der Waals surface area contributed by atoms with Gasteiger partial charge in [0.15, 0.2) is 0 Å². The van der Waals surface area contributed by atoms with Crippen LogP contribution in [0.4, 0.5) is 17.3 Å². The summed E-state index contributed by atoms with van der Waals surface area (Å²) in [6, 6.07) is 50.2. The van der Waals surface area contributed by atoms with Gasteiger partial charge < -0.3 is 0 Å². The summed E-state index contributed by atoms with van der Waals surface area (Å²) in [5.41, 5.74) is 12.9. The van der Waals surface area contributed by atoms with E-state index < -0.39 is 0 Å². The molecule has 0 atom stereocenters. The molecular weight excluding hydrogens is 623 g/mol. The molecule has 0 radical (unpaired) electrons. The normalized spacial score (nSPS) is 13.5. The van der Waals surface area contributed by atoms with E-state index in [1.54, 1.807) is 0 Å². The van der Waals surface area contributed by atoms with E-state index in [9.17, 15) is 0 Å². The molecule has 0 N–H and O–H groups in total. The van der Waals surface area contributed by atoms with Gasteiger partial charge in [0.25, 0.3) is 0 Å². The number of nitrogens with zero attached hydrogens (tertiary/aromatic N) is 3. The number of aromatic nitrogens is 2. The van der Waals surface area contributed by atoms with E-state index in [1.165, 1.54) is 49.5 Å². The van der Waals surface area contributed by atoms with Crippen molar-refractivity contribution in [2.45, 2.75) is 19.3 Å². The van der Waals surface area contributed by atoms with Crippen molar-refractivity contribution in [2.24, 2.45) is 0 Å². The molecular formula is C43H31N3S2. The molecule has 1 aliphatic carbocycles. The van der Waals surface area contributed by atoms with Gasteiger partial charge >= 0.3 is 0 Å². The monoisotopic (exact) mass is 653 g/mol. The zero-order valence-electron chi connectivity index (χ0n) is 26.5. The SMILES string of the molecule is CC1(C)c2ccccc2-c2c1cc1c3c(cccc23)-c2ccccc2N1c1nc(-c2ccccc2)c2c(ccc3ccccc32)n1.SS. The van der Waals surface area contributed by atoms with Gasteiger partial charge in [-0.25, -0.2) is 9.97 Å². The Bertz CT molecular complexity index is 2580. The van der Waals surface area contributed by atoms with Gasteiger partial charge in [-0.2, -0.15) is 0 Å². The fraction of sp³-hybridized carbons (Fsp3) is 0.0698. The van der Waals surface area contributed by atoms with Crippen LogP contribution in [0.1, 0.15) is 25.0 Å². The molecule has 10 rings (SSSR count). The minimum atomic E-state index is -0.145. The first-order chi connectivity index (χ1) is 23.6. The third-order valence-corrected chi connectivity index (χ3v) is 10.2. The molecule has 2 aliphatic rings. The summed E-state index contributed by atoms with van der Waals surface area (Å²) < 4.78 is 0. The van der Waals surface area contributed by atoms with E-state index in [4.69, 9.17) is 9.97 Å². The van der Waals surface area contributed by atoms with E-state index in [-0.39, 0.29) is 5.41 Å². The lowest BCUT2D eigenvalue weighted by Gasteiger charge is -2.34. The van der Waals surface area contributed by atoms with Gasteiger partial charge in [-0.15, -0.1) is 23.3 Å². The quantitative estimate of drug-likeness (QED) is 0.111. The van der Waals surface area contributed by atoms with E-state index in [0.29, 0.717) is 5.95 Å². The molecule has 2 heterocycles. The van der Waals surface area contributed by atoms with Crippen molar-refractivity contribution in [3.63, 3.8) is 0 Å². The fourth-order valence-electron chi connectivity index (χ4n) is 8.08. The lowest BCUT2D eigenvalue weighted by Crippen LogP contribution is -2.20. The largest absolute Gasteiger partial charge is 0.278 e. The second-order valence-corrected chi connectivity index (χ2v) is 13.0. The van der Waals surface area contributed by atoms with Gasteiger partial charge in [-0.05, 0) is 62.2 Å². The number of anilines is 3. The summed E-state index contributed by atoms with van der Waals surface area (Å²) in [6.07, 6.45) is 0. The number of fused-ring (bicyclic) bond motifs is 9. The number of thiol groups is 2. The molecule has 0 saturated heterocycles. The maximum absolute atomic E-state index is 5.49. The summed E-state index contributed by atoms with van der Waals surface area (Å²) in [6.45, 7) is 4.71. The zero-order valence-corrected chi connectivity index (χ0v) is 28.3. The highest BCUT2D eigenvalue weighted by Gasteiger charge is 2.39. The van der Waals surface area contributed by atoms with Crippen LogP contribution in [0.25, 0.3) is 66.0 Å². The summed E-state index contributed by atoms with van der Waals surface area (Å²) in [5.74, 6) is 0.679. The molecule has 0 bridgehead atoms. The molecule has 0 unspecified atom stereocenters. The highest BCUT2D eigenvalue weighted by atomic mass is 33.1. The molecule has 0 fully saturated rings. The Morgan fingerprint density at radius 3 is 2.08 bits per heavy atom. The first-order valence-corrected chi connectivity index (χ1v) is 17.7. The van der Waals surface area contributed by atoms with Gasteiger partial charge in [0, 0.05) is 27.3 Å². The van der Waals surface area contributed by atoms with Crippen molar-refractivity contribution >= 4 is 73.1 Å². The number of hydrogen-bond donors (Lipinski definition) is 2. The molecule has 0 saturated carbocycles. The fourth-order valence-corrected chi connectivity index (χ4v) is 8.08. The molecule has 48 heavy (non-hydrogen) atoms. The lowest BCUT2D eigenvalue weighted by atomic mass is 9.80. The van der Waals surface area contributed by atoms with Crippen LogP contribution in [0.2, 0.25) is 0 Å². The van der Waals surface area contributed by atoms with Gasteiger partial charge in [-0.3, -0.25) is 4.90 Å². The molecule has 5 heteroatoms. The smallest absolute Gasteiger partial charge is 0.235 e. The molecule has 7 aromatic carbocycles. The van der Waals surface area contributed by atoms with Crippen LogP contribution in [0.3, 0.4) is 0 Å². The predicted molar refractivity (Wildman–Crippen MR) is 209 cm³/mol. The standard InChI is InChI=1S/C43H29N3.H2S2/c1-43(2)33-21-10-8-18-31(33)38-32-20-12-19-30-29-17-9-11-22-36(29)46(37(39(30)32)25-34(38)43)42-44-35-24-23-26-13-6-7-16-28(26)40(35)41(45-42)27-14-4-3-5-15-27;1-2/h3-25H,1-2H3;1-2H. The number of hydrogen-bond acceptors (Lipinski definition) is 5. The lowest BCUT2D eigenvalue weighted by molar-refractivity contribution is 0.661. The Morgan fingerprint density at radius 1 is 0.542 bits per heavy atom. The van der Waals surface area contributed by atoms with Crippen LogP contribution in [0, 0.1) is 0 Å². The van der Waals surface area contributed by atoms with Crippen LogP contribution in [-0.4, -0.2) is 9.97 Å². The van der Waals surface area contributed by atoms with Crippen molar-refractivity contribution < 1.29 is 0 Å². The third kappa shape index (κ3) is 4.04. The van der Waals surface area contributed by atoms with Crippen LogP contribution < -0.4 is 4.90 Å². The van der Waals surface area contributed by atoms with Gasteiger partial charge in [0.05, 0.1) is 22.6 Å². The maximum atomic E-state index is 5.49. The van der Waals surface area contributed by atoms with Crippen LogP contribution in [0.15, 0.2) is 140 Å². The van der Waals surface area contributed by atoms with Crippen LogP contribution in [-0.2, 0) is 5.41 Å². The van der Waals surface area contributed by atoms with Crippen molar-refractivity contribution in [2.75, 3.05) is 4.90 Å². The molecule has 230 valence electrons. The maximum Gasteiger partial charge on any atom is 0.235 e. The van der Waals surface area contributed by atoms with Gasteiger partial charge in [-0.1, -0.05) is 135 Å². The Kier molecular flexibility index (Phi) is 6.65. The summed E-state index contributed by atoms with van der Waals surface area (Å²) in [5, 5.41) is 5.94. The zero-order chi connectivity index (χ0) is 32.6. The van der Waals surface area contributed by atoms with Gasteiger partial charge in [0.2, 0.25) is 5.95 Å². The summed E-state index contributed by atoms with van der Waals surface area (Å²) >= 11 is 6.44. The van der Waals surface area contributed by atoms with Crippen molar-refractivity contribution in [1.82, 2.24) is 9.97 Å².